The van der Waals surface area contributed by atoms with Crippen LogP contribution in [0.25, 0.3) is 0 Å². The summed E-state index contributed by atoms with van der Waals surface area (Å²) in [5.41, 5.74) is 9.09. The van der Waals surface area contributed by atoms with Gasteiger partial charge in [0.1, 0.15) is 18.4 Å². The van der Waals surface area contributed by atoms with E-state index in [0.29, 0.717) is 13.0 Å². The van der Waals surface area contributed by atoms with Crippen LogP contribution in [0, 0.1) is 6.92 Å². The lowest BCUT2D eigenvalue weighted by atomic mass is 10.1. The van der Waals surface area contributed by atoms with Crippen molar-refractivity contribution in [2.75, 3.05) is 7.11 Å². The van der Waals surface area contributed by atoms with E-state index in [4.69, 9.17) is 10.5 Å². The molecular formula is C18H21NO3. The van der Waals surface area contributed by atoms with Crippen LogP contribution in [0.2, 0.25) is 0 Å². The molecule has 22 heavy (non-hydrogen) atoms. The number of hydrogen-bond donors (Lipinski definition) is 1. The van der Waals surface area contributed by atoms with Crippen LogP contribution in [0.1, 0.15) is 16.7 Å². The number of benzene rings is 2. The maximum atomic E-state index is 11.3. The van der Waals surface area contributed by atoms with Crippen LogP contribution < -0.4 is 10.5 Å². The van der Waals surface area contributed by atoms with Gasteiger partial charge in [0.25, 0.3) is 0 Å². The second-order valence-corrected chi connectivity index (χ2v) is 5.19. The van der Waals surface area contributed by atoms with Crippen LogP contribution in [0.5, 0.6) is 5.75 Å². The predicted molar refractivity (Wildman–Crippen MR) is 85.6 cm³/mol. The Labute approximate surface area is 130 Å². The molecule has 0 saturated carbocycles. The molecule has 4 heteroatoms. The van der Waals surface area contributed by atoms with Crippen molar-refractivity contribution < 1.29 is 14.3 Å². The standard InChI is InChI=1S/C18H21NO3/c1-13-5-3-4-6-15(13)12-22-16-9-7-14(8-10-16)11-17(19)18(20)21-2/h3-10,17H,11-12,19H2,1-2H3. The molecule has 1 atom stereocenters. The zero-order chi connectivity index (χ0) is 15.9. The maximum Gasteiger partial charge on any atom is 0.322 e. The Hall–Kier alpha value is -2.33. The largest absolute Gasteiger partial charge is 0.489 e. The topological polar surface area (TPSA) is 61.5 Å². The Morgan fingerprint density at radius 2 is 1.82 bits per heavy atom. The molecule has 2 rings (SSSR count). The van der Waals surface area contributed by atoms with Crippen molar-refractivity contribution in [2.24, 2.45) is 5.73 Å². The van der Waals surface area contributed by atoms with E-state index in [2.05, 4.69) is 23.8 Å². The molecule has 0 aromatic heterocycles. The number of ether oxygens (including phenoxy) is 2. The molecule has 2 aromatic carbocycles. The summed E-state index contributed by atoms with van der Waals surface area (Å²) in [6.45, 7) is 2.60. The van der Waals surface area contributed by atoms with Gasteiger partial charge in [0.05, 0.1) is 7.11 Å². The number of esters is 1. The van der Waals surface area contributed by atoms with Crippen molar-refractivity contribution in [1.82, 2.24) is 0 Å². The summed E-state index contributed by atoms with van der Waals surface area (Å²) >= 11 is 0. The molecule has 0 radical (unpaired) electrons. The third-order valence-corrected chi connectivity index (χ3v) is 3.54. The van der Waals surface area contributed by atoms with Gasteiger partial charge in [0, 0.05) is 0 Å². The number of rotatable bonds is 6. The molecule has 1 unspecified atom stereocenters. The minimum absolute atomic E-state index is 0.403. The molecule has 0 aliphatic carbocycles. The number of hydrogen-bond acceptors (Lipinski definition) is 4. The van der Waals surface area contributed by atoms with Gasteiger partial charge in [0.15, 0.2) is 0 Å². The van der Waals surface area contributed by atoms with Crippen LogP contribution in [-0.2, 0) is 22.6 Å². The first kappa shape index (κ1) is 16.0. The molecule has 0 aliphatic heterocycles. The lowest BCUT2D eigenvalue weighted by Crippen LogP contribution is -2.33. The zero-order valence-corrected chi connectivity index (χ0v) is 12.9. The van der Waals surface area contributed by atoms with Gasteiger partial charge >= 0.3 is 5.97 Å². The Morgan fingerprint density at radius 3 is 2.45 bits per heavy atom. The third-order valence-electron chi connectivity index (χ3n) is 3.54. The summed E-state index contributed by atoms with van der Waals surface area (Å²) in [5.74, 6) is 0.388. The average molecular weight is 299 g/mol. The first-order valence-corrected chi connectivity index (χ1v) is 7.20. The van der Waals surface area contributed by atoms with Gasteiger partial charge in [-0.25, -0.2) is 0 Å². The first-order chi connectivity index (χ1) is 10.6. The second kappa shape index (κ2) is 7.61. The van der Waals surface area contributed by atoms with Gasteiger partial charge in [0.2, 0.25) is 0 Å². The highest BCUT2D eigenvalue weighted by Crippen LogP contribution is 2.16. The van der Waals surface area contributed by atoms with Crippen LogP contribution in [-0.4, -0.2) is 19.1 Å². The van der Waals surface area contributed by atoms with E-state index in [-0.39, 0.29) is 0 Å². The quantitative estimate of drug-likeness (QED) is 0.833. The average Bonchev–Trinajstić information content (AvgIpc) is 2.54. The van der Waals surface area contributed by atoms with Crippen molar-refractivity contribution in [3.63, 3.8) is 0 Å². The maximum absolute atomic E-state index is 11.3. The zero-order valence-electron chi connectivity index (χ0n) is 12.9. The number of carbonyl (C=O) groups excluding carboxylic acids is 1. The molecule has 2 N–H and O–H groups in total. The summed E-state index contributed by atoms with van der Waals surface area (Å²) in [4.78, 5) is 11.3. The van der Waals surface area contributed by atoms with Crippen molar-refractivity contribution in [3.05, 3.63) is 65.2 Å². The second-order valence-electron chi connectivity index (χ2n) is 5.19. The lowest BCUT2D eigenvalue weighted by molar-refractivity contribution is -0.142. The molecular weight excluding hydrogens is 278 g/mol. The van der Waals surface area contributed by atoms with Crippen LogP contribution in [0.3, 0.4) is 0 Å². The van der Waals surface area contributed by atoms with Crippen molar-refractivity contribution in [2.45, 2.75) is 26.0 Å². The normalized spacial score (nSPS) is 11.8. The predicted octanol–water partition coefficient (Wildman–Crippen LogP) is 2.62. The minimum atomic E-state index is -0.635. The molecule has 116 valence electrons. The van der Waals surface area contributed by atoms with Gasteiger partial charge in [-0.1, -0.05) is 36.4 Å². The highest BCUT2D eigenvalue weighted by Gasteiger charge is 2.14. The minimum Gasteiger partial charge on any atom is -0.489 e. The molecule has 0 spiro atoms. The van der Waals surface area contributed by atoms with Crippen molar-refractivity contribution in [3.8, 4) is 5.75 Å². The number of carbonyl (C=O) groups is 1. The summed E-state index contributed by atoms with van der Waals surface area (Å²) in [6.07, 6.45) is 0.449. The fourth-order valence-corrected chi connectivity index (χ4v) is 2.14. The highest BCUT2D eigenvalue weighted by molar-refractivity contribution is 5.75. The van der Waals surface area contributed by atoms with Gasteiger partial charge < -0.3 is 15.2 Å². The lowest BCUT2D eigenvalue weighted by Gasteiger charge is -2.11. The fraction of sp³-hybridized carbons (Fsp3) is 0.278. The van der Waals surface area contributed by atoms with E-state index in [1.54, 1.807) is 0 Å². The number of nitrogens with two attached hydrogens (primary N) is 1. The molecule has 0 amide bonds. The summed E-state index contributed by atoms with van der Waals surface area (Å²) in [6, 6.07) is 15.1. The monoisotopic (exact) mass is 299 g/mol. The Morgan fingerprint density at radius 1 is 1.14 bits per heavy atom. The van der Waals surface area contributed by atoms with Crippen molar-refractivity contribution >= 4 is 5.97 Å². The van der Waals surface area contributed by atoms with Crippen LogP contribution >= 0.6 is 0 Å². The fourth-order valence-electron chi connectivity index (χ4n) is 2.14. The smallest absolute Gasteiger partial charge is 0.322 e. The molecule has 0 heterocycles. The third kappa shape index (κ3) is 4.33. The van der Waals surface area contributed by atoms with Crippen LogP contribution in [0.15, 0.2) is 48.5 Å². The summed E-state index contributed by atoms with van der Waals surface area (Å²) in [7, 11) is 1.34. The van der Waals surface area contributed by atoms with Gasteiger partial charge in [-0.15, -0.1) is 0 Å². The van der Waals surface area contributed by atoms with E-state index in [9.17, 15) is 4.79 Å². The first-order valence-electron chi connectivity index (χ1n) is 7.20. The number of aryl methyl sites for hydroxylation is 1. The summed E-state index contributed by atoms with van der Waals surface area (Å²) < 4.78 is 10.4. The van der Waals surface area contributed by atoms with Gasteiger partial charge in [-0.3, -0.25) is 4.79 Å². The Bertz CT molecular complexity index is 622. The van der Waals surface area contributed by atoms with Gasteiger partial charge in [-0.2, -0.15) is 0 Å². The summed E-state index contributed by atoms with van der Waals surface area (Å²) in [5, 5.41) is 0. The Balaban J connectivity index is 1.92. The Kier molecular flexibility index (Phi) is 5.55. The molecule has 0 bridgehead atoms. The van der Waals surface area contributed by atoms with E-state index < -0.39 is 12.0 Å². The van der Waals surface area contributed by atoms with E-state index >= 15 is 0 Å². The van der Waals surface area contributed by atoms with Gasteiger partial charge in [-0.05, 0) is 42.2 Å². The van der Waals surface area contributed by atoms with E-state index in [1.807, 2.05) is 36.4 Å². The molecule has 0 aliphatic rings. The molecule has 0 saturated heterocycles. The number of methoxy groups -OCH3 is 1. The van der Waals surface area contributed by atoms with Crippen LogP contribution in [0.4, 0.5) is 0 Å². The SMILES string of the molecule is COC(=O)C(N)Cc1ccc(OCc2ccccc2C)cc1. The van der Waals surface area contributed by atoms with E-state index in [0.717, 1.165) is 11.3 Å². The highest BCUT2D eigenvalue weighted by atomic mass is 16.5. The molecule has 0 fully saturated rings. The van der Waals surface area contributed by atoms with Crippen molar-refractivity contribution in [1.29, 1.82) is 0 Å². The van der Waals surface area contributed by atoms with E-state index in [1.165, 1.54) is 18.2 Å². The molecule has 2 aromatic rings. The molecule has 4 nitrogen and oxygen atoms in total.